The number of aliphatic carboxylic acids is 1. The first kappa shape index (κ1) is 55.6. The van der Waals surface area contributed by atoms with Crippen LogP contribution in [-0.4, -0.2) is 71.1 Å². The number of carboxylic acid groups (broad SMARTS) is 1. The highest BCUT2D eigenvalue weighted by Crippen LogP contribution is 2.43. The predicted molar refractivity (Wildman–Crippen MR) is 236 cm³/mol. The molecule has 0 saturated carbocycles. The van der Waals surface area contributed by atoms with Gasteiger partial charge in [-0.1, -0.05) is 150 Å². The van der Waals surface area contributed by atoms with E-state index in [1.807, 2.05) is 12.2 Å². The Kier molecular flexibility index (Phi) is 37.8. The van der Waals surface area contributed by atoms with Crippen LogP contribution in [0.25, 0.3) is 0 Å². The molecule has 0 rings (SSSR count). The second-order valence-corrected chi connectivity index (χ2v) is 15.7. The maximum Gasteiger partial charge on any atom is 0.472 e. The van der Waals surface area contributed by atoms with E-state index < -0.39 is 63.8 Å². The molecule has 59 heavy (non-hydrogen) atoms. The molecule has 2 unspecified atom stereocenters. The van der Waals surface area contributed by atoms with E-state index in [1.165, 1.54) is 44.9 Å². The quantitative estimate of drug-likeness (QED) is 0.0151. The first-order valence-corrected chi connectivity index (χ1v) is 23.2. The molecule has 0 aliphatic rings. The Morgan fingerprint density at radius 1 is 0.627 bits per heavy atom. The molecule has 0 amide bonds. The standard InChI is InChI=1S/C46H76NO11P/c1-3-5-7-9-11-13-15-17-19-21-22-24-26-28-30-32-34-41(48)36-37-44(49)55-38-42(39-56-59(53,54)57-40-43(47)46(51)52)58-45(50)35-33-31-29-27-25-23-20-18-16-14-12-10-8-6-4-2/h5,7,11,13-14,16-17,19,22,24,28,30,32,34,41-43,48H,3-4,6,8-10,12,15,18,20-21,23,25-27,29,31,33,35-40,47H2,1-2H3,(H,51,52)(H,53,54)/b7-5-,13-11-,16-14-,19-17-,24-22-,30-28-,34-32-/t41?,42-,43+/m1/s1. The Hall–Kier alpha value is -3.38. The van der Waals surface area contributed by atoms with E-state index in [1.54, 1.807) is 12.2 Å². The van der Waals surface area contributed by atoms with Gasteiger partial charge in [0.2, 0.25) is 0 Å². The summed E-state index contributed by atoms with van der Waals surface area (Å²) < 4.78 is 32.5. The number of allylic oxidation sites excluding steroid dienone is 13. The first-order chi connectivity index (χ1) is 28.5. The van der Waals surface area contributed by atoms with Gasteiger partial charge in [0.25, 0.3) is 0 Å². The van der Waals surface area contributed by atoms with Gasteiger partial charge in [-0.05, 0) is 70.6 Å². The molecule has 0 bridgehead atoms. The minimum absolute atomic E-state index is 0.0841. The lowest BCUT2D eigenvalue weighted by atomic mass is 10.1. The van der Waals surface area contributed by atoms with Gasteiger partial charge in [0.05, 0.1) is 19.3 Å². The fraction of sp³-hybridized carbons (Fsp3) is 0.630. The van der Waals surface area contributed by atoms with Crippen LogP contribution in [0.4, 0.5) is 0 Å². The Balaban J connectivity index is 4.61. The second kappa shape index (κ2) is 40.0. The number of nitrogens with two attached hydrogens (primary N) is 1. The van der Waals surface area contributed by atoms with Gasteiger partial charge in [0.1, 0.15) is 12.6 Å². The van der Waals surface area contributed by atoms with Gasteiger partial charge in [-0.2, -0.15) is 0 Å². The Bertz CT molecular complexity index is 1340. The molecule has 12 nitrogen and oxygen atoms in total. The van der Waals surface area contributed by atoms with Crippen molar-refractivity contribution in [3.8, 4) is 0 Å². The van der Waals surface area contributed by atoms with E-state index in [2.05, 4.69) is 79.1 Å². The van der Waals surface area contributed by atoms with E-state index in [9.17, 15) is 28.9 Å². The average molecular weight is 850 g/mol. The molecule has 0 radical (unpaired) electrons. The summed E-state index contributed by atoms with van der Waals surface area (Å²) in [7, 11) is -4.78. The molecule has 0 aliphatic carbocycles. The minimum atomic E-state index is -4.78. The van der Waals surface area contributed by atoms with Crippen LogP contribution in [0, 0.1) is 0 Å². The number of esters is 2. The molecule has 13 heteroatoms. The number of aliphatic hydroxyl groups is 1. The maximum absolute atomic E-state index is 12.6. The largest absolute Gasteiger partial charge is 0.480 e. The number of rotatable bonds is 39. The number of carboxylic acids is 1. The zero-order valence-electron chi connectivity index (χ0n) is 35.9. The summed E-state index contributed by atoms with van der Waals surface area (Å²) in [6.45, 7) is 2.41. The molecule has 5 N–H and O–H groups in total. The number of aliphatic hydroxyl groups excluding tert-OH is 1. The molecule has 0 aromatic heterocycles. The lowest BCUT2D eigenvalue weighted by Crippen LogP contribution is -2.34. The van der Waals surface area contributed by atoms with Crippen molar-refractivity contribution in [2.24, 2.45) is 5.73 Å². The summed E-state index contributed by atoms with van der Waals surface area (Å²) >= 11 is 0. The van der Waals surface area contributed by atoms with E-state index in [0.717, 1.165) is 64.2 Å². The third kappa shape index (κ3) is 39.8. The maximum atomic E-state index is 12.6. The first-order valence-electron chi connectivity index (χ1n) is 21.7. The molecule has 0 fully saturated rings. The van der Waals surface area contributed by atoms with Crippen molar-refractivity contribution in [3.63, 3.8) is 0 Å². The number of carbonyl (C=O) groups is 3. The number of hydrogen-bond donors (Lipinski definition) is 4. The number of unbranched alkanes of at least 4 members (excludes halogenated alkanes) is 11. The fourth-order valence-corrected chi connectivity index (χ4v) is 6.06. The highest BCUT2D eigenvalue weighted by atomic mass is 31.2. The third-order valence-electron chi connectivity index (χ3n) is 8.74. The van der Waals surface area contributed by atoms with Crippen molar-refractivity contribution in [2.45, 2.75) is 167 Å². The zero-order valence-corrected chi connectivity index (χ0v) is 36.8. The predicted octanol–water partition coefficient (Wildman–Crippen LogP) is 10.5. The van der Waals surface area contributed by atoms with Crippen LogP contribution < -0.4 is 5.73 Å². The number of carbonyl (C=O) groups excluding carboxylic acids is 2. The molecule has 0 aromatic rings. The summed E-state index contributed by atoms with van der Waals surface area (Å²) in [5.41, 5.74) is 5.32. The van der Waals surface area contributed by atoms with Gasteiger partial charge in [-0.15, -0.1) is 0 Å². The van der Waals surface area contributed by atoms with Crippen molar-refractivity contribution >= 4 is 25.7 Å². The van der Waals surface area contributed by atoms with Crippen molar-refractivity contribution in [1.29, 1.82) is 0 Å². The molecule has 0 saturated heterocycles. The topological polar surface area (TPSA) is 192 Å². The van der Waals surface area contributed by atoms with Crippen LogP contribution in [0.1, 0.15) is 149 Å². The van der Waals surface area contributed by atoms with E-state index >= 15 is 0 Å². The van der Waals surface area contributed by atoms with Crippen molar-refractivity contribution in [2.75, 3.05) is 19.8 Å². The molecule has 0 aliphatic heterocycles. The summed E-state index contributed by atoms with van der Waals surface area (Å²) in [6, 6.07) is -1.56. The highest BCUT2D eigenvalue weighted by Gasteiger charge is 2.28. The zero-order chi connectivity index (χ0) is 43.7. The van der Waals surface area contributed by atoms with Crippen molar-refractivity contribution in [1.82, 2.24) is 0 Å². The van der Waals surface area contributed by atoms with Gasteiger partial charge >= 0.3 is 25.7 Å². The normalized spacial score (nSPS) is 15.1. The molecule has 0 spiro atoms. The molecule has 0 aromatic carbocycles. The lowest BCUT2D eigenvalue weighted by Gasteiger charge is -2.20. The molecule has 336 valence electrons. The van der Waals surface area contributed by atoms with Crippen molar-refractivity contribution in [3.05, 3.63) is 85.1 Å². The summed E-state index contributed by atoms with van der Waals surface area (Å²) in [5, 5.41) is 19.2. The van der Waals surface area contributed by atoms with Gasteiger partial charge in [-0.25, -0.2) is 4.57 Å². The number of ether oxygens (including phenoxy) is 2. The third-order valence-corrected chi connectivity index (χ3v) is 9.70. The van der Waals surface area contributed by atoms with E-state index in [-0.39, 0.29) is 19.3 Å². The van der Waals surface area contributed by atoms with E-state index in [0.29, 0.717) is 6.42 Å². The Morgan fingerprint density at radius 2 is 1.15 bits per heavy atom. The number of phosphoric acid groups is 1. The van der Waals surface area contributed by atoms with Crippen LogP contribution in [0.5, 0.6) is 0 Å². The van der Waals surface area contributed by atoms with Crippen LogP contribution >= 0.6 is 7.82 Å². The smallest absolute Gasteiger partial charge is 0.472 e. The van der Waals surface area contributed by atoms with Gasteiger partial charge in [-0.3, -0.25) is 23.4 Å². The van der Waals surface area contributed by atoms with Gasteiger partial charge < -0.3 is 30.3 Å². The number of phosphoric ester groups is 1. The lowest BCUT2D eigenvalue weighted by molar-refractivity contribution is -0.161. The fourth-order valence-electron chi connectivity index (χ4n) is 5.29. The molecule has 0 heterocycles. The Morgan fingerprint density at radius 3 is 1.73 bits per heavy atom. The Labute approximate surface area is 355 Å². The average Bonchev–Trinajstić information content (AvgIpc) is 3.21. The number of hydrogen-bond acceptors (Lipinski definition) is 10. The summed E-state index contributed by atoms with van der Waals surface area (Å²) in [4.78, 5) is 46.0. The summed E-state index contributed by atoms with van der Waals surface area (Å²) in [5.74, 6) is -2.70. The van der Waals surface area contributed by atoms with Crippen LogP contribution in [0.3, 0.4) is 0 Å². The minimum Gasteiger partial charge on any atom is -0.480 e. The molecular formula is C46H76NO11P. The SMILES string of the molecule is CC/C=C\C/C=C\C/C=C\C/C=C\C/C=C\C=C/C(O)CCC(=O)OC[C@H](COP(=O)(O)OC[C@H](N)C(=O)O)OC(=O)CCCCCCCCC/C=C\CCCCCC. The van der Waals surface area contributed by atoms with Crippen LogP contribution in [-0.2, 0) is 37.5 Å². The highest BCUT2D eigenvalue weighted by molar-refractivity contribution is 7.47. The van der Waals surface area contributed by atoms with Gasteiger partial charge in [0, 0.05) is 12.8 Å². The molecular weight excluding hydrogens is 773 g/mol. The van der Waals surface area contributed by atoms with Gasteiger partial charge in [0.15, 0.2) is 6.10 Å². The molecule has 4 atom stereocenters. The van der Waals surface area contributed by atoms with Crippen molar-refractivity contribution < 1.29 is 52.6 Å². The summed E-state index contributed by atoms with van der Waals surface area (Å²) in [6.07, 6.45) is 45.5. The monoisotopic (exact) mass is 850 g/mol. The van der Waals surface area contributed by atoms with E-state index in [4.69, 9.17) is 24.8 Å². The second-order valence-electron chi connectivity index (χ2n) is 14.3. The van der Waals surface area contributed by atoms with Crippen LogP contribution in [0.2, 0.25) is 0 Å². The van der Waals surface area contributed by atoms with Crippen LogP contribution in [0.15, 0.2) is 85.1 Å².